The van der Waals surface area contributed by atoms with Gasteiger partial charge in [-0.25, -0.2) is 5.43 Å². The number of carbonyl (C=O) groups is 1. The zero-order valence-electron chi connectivity index (χ0n) is 10.7. The molecule has 2 aromatic rings. The highest BCUT2D eigenvalue weighted by Gasteiger charge is 2.11. The average Bonchev–Trinajstić information content (AvgIpc) is 2.47. The number of amides is 1. The summed E-state index contributed by atoms with van der Waals surface area (Å²) in [4.78, 5) is 15.9. The molecule has 0 radical (unpaired) electrons. The minimum absolute atomic E-state index is 0.0697. The number of aromatic hydroxyl groups is 1. The SMILES string of the molecule is C/C(=N\NC(=O)c1cc(Cl)ccc1O)c1cccnc1. The van der Waals surface area contributed by atoms with Crippen LogP contribution in [0.4, 0.5) is 0 Å². The molecule has 20 heavy (non-hydrogen) atoms. The van der Waals surface area contributed by atoms with Crippen LogP contribution in [0.1, 0.15) is 22.8 Å². The Morgan fingerprint density at radius 1 is 1.40 bits per heavy atom. The number of nitrogens with zero attached hydrogens (tertiary/aromatic N) is 2. The van der Waals surface area contributed by atoms with E-state index >= 15 is 0 Å². The summed E-state index contributed by atoms with van der Waals surface area (Å²) in [6.45, 7) is 1.75. The zero-order chi connectivity index (χ0) is 14.5. The quantitative estimate of drug-likeness (QED) is 0.674. The first kappa shape index (κ1) is 14.0. The summed E-state index contributed by atoms with van der Waals surface area (Å²) in [5.74, 6) is -0.686. The number of aromatic nitrogens is 1. The second-order valence-electron chi connectivity index (χ2n) is 4.04. The van der Waals surface area contributed by atoms with Gasteiger partial charge in [-0.2, -0.15) is 5.10 Å². The molecule has 1 aromatic heterocycles. The highest BCUT2D eigenvalue weighted by molar-refractivity contribution is 6.31. The normalized spacial score (nSPS) is 11.2. The van der Waals surface area contributed by atoms with Crippen LogP contribution in [0.3, 0.4) is 0 Å². The molecule has 6 heteroatoms. The summed E-state index contributed by atoms with van der Waals surface area (Å²) in [6, 6.07) is 7.84. The molecule has 0 saturated carbocycles. The van der Waals surface area contributed by atoms with Crippen molar-refractivity contribution in [1.82, 2.24) is 10.4 Å². The topological polar surface area (TPSA) is 74.6 Å². The first-order chi connectivity index (χ1) is 9.58. The molecule has 102 valence electrons. The van der Waals surface area contributed by atoms with Gasteiger partial charge in [-0.05, 0) is 31.2 Å². The second kappa shape index (κ2) is 6.16. The maximum absolute atomic E-state index is 11.9. The third-order valence-electron chi connectivity index (χ3n) is 2.61. The van der Waals surface area contributed by atoms with Gasteiger partial charge >= 0.3 is 0 Å². The molecule has 1 amide bonds. The van der Waals surface area contributed by atoms with Crippen molar-refractivity contribution in [2.45, 2.75) is 6.92 Å². The average molecular weight is 290 g/mol. The number of hydrogen-bond acceptors (Lipinski definition) is 4. The van der Waals surface area contributed by atoms with E-state index in [1.54, 1.807) is 25.4 Å². The van der Waals surface area contributed by atoms with E-state index in [0.29, 0.717) is 10.7 Å². The third-order valence-corrected chi connectivity index (χ3v) is 2.84. The fourth-order valence-corrected chi connectivity index (χ4v) is 1.70. The highest BCUT2D eigenvalue weighted by Crippen LogP contribution is 2.21. The number of phenols is 1. The molecule has 0 aliphatic carbocycles. The Labute approximate surface area is 120 Å². The van der Waals surface area contributed by atoms with Gasteiger partial charge in [0, 0.05) is 23.0 Å². The van der Waals surface area contributed by atoms with E-state index in [0.717, 1.165) is 5.56 Å². The molecule has 2 rings (SSSR count). The van der Waals surface area contributed by atoms with Crippen molar-refractivity contribution in [3.63, 3.8) is 0 Å². The first-order valence-electron chi connectivity index (χ1n) is 5.81. The lowest BCUT2D eigenvalue weighted by atomic mass is 10.2. The number of benzene rings is 1. The fraction of sp³-hybridized carbons (Fsp3) is 0.0714. The second-order valence-corrected chi connectivity index (χ2v) is 4.48. The summed E-state index contributed by atoms with van der Waals surface area (Å²) >= 11 is 5.78. The molecular weight excluding hydrogens is 278 g/mol. The number of phenolic OH excluding ortho intramolecular Hbond substituents is 1. The molecule has 0 aliphatic rings. The lowest BCUT2D eigenvalue weighted by Gasteiger charge is -2.05. The van der Waals surface area contributed by atoms with Crippen molar-refractivity contribution in [3.8, 4) is 5.75 Å². The predicted octanol–water partition coefficient (Wildman–Crippen LogP) is 2.59. The van der Waals surface area contributed by atoms with Crippen LogP contribution in [0.25, 0.3) is 0 Å². The Morgan fingerprint density at radius 2 is 2.20 bits per heavy atom. The summed E-state index contributed by atoms with van der Waals surface area (Å²) in [5.41, 5.74) is 3.84. The Morgan fingerprint density at radius 3 is 2.90 bits per heavy atom. The predicted molar refractivity (Wildman–Crippen MR) is 77.0 cm³/mol. The van der Waals surface area contributed by atoms with Gasteiger partial charge in [0.1, 0.15) is 5.75 Å². The summed E-state index contributed by atoms with van der Waals surface area (Å²) in [5, 5.41) is 13.9. The number of halogens is 1. The zero-order valence-corrected chi connectivity index (χ0v) is 11.4. The van der Waals surface area contributed by atoms with E-state index in [4.69, 9.17) is 11.6 Å². The van der Waals surface area contributed by atoms with Crippen LogP contribution in [-0.4, -0.2) is 21.7 Å². The number of nitrogens with one attached hydrogen (secondary N) is 1. The monoisotopic (exact) mass is 289 g/mol. The van der Waals surface area contributed by atoms with Crippen molar-refractivity contribution < 1.29 is 9.90 Å². The number of rotatable bonds is 3. The summed E-state index contributed by atoms with van der Waals surface area (Å²) in [6.07, 6.45) is 3.29. The molecule has 0 aliphatic heterocycles. The van der Waals surface area contributed by atoms with E-state index < -0.39 is 5.91 Å². The number of pyridine rings is 1. The molecule has 0 saturated heterocycles. The maximum atomic E-state index is 11.9. The number of carbonyl (C=O) groups excluding carboxylic acids is 1. The molecule has 0 spiro atoms. The van der Waals surface area contributed by atoms with Crippen molar-refractivity contribution >= 4 is 23.2 Å². The van der Waals surface area contributed by atoms with Gasteiger partial charge in [0.05, 0.1) is 11.3 Å². The van der Waals surface area contributed by atoms with Crippen LogP contribution >= 0.6 is 11.6 Å². The number of hydrazone groups is 1. The lowest BCUT2D eigenvalue weighted by Crippen LogP contribution is -2.19. The molecule has 0 unspecified atom stereocenters. The molecule has 0 bridgehead atoms. The Hall–Kier alpha value is -2.40. The van der Waals surface area contributed by atoms with Crippen LogP contribution < -0.4 is 5.43 Å². The van der Waals surface area contributed by atoms with E-state index in [1.807, 2.05) is 6.07 Å². The molecule has 0 atom stereocenters. The summed E-state index contributed by atoms with van der Waals surface area (Å²) < 4.78 is 0. The van der Waals surface area contributed by atoms with Gasteiger partial charge < -0.3 is 5.11 Å². The molecule has 2 N–H and O–H groups in total. The molecule has 1 aromatic carbocycles. The third kappa shape index (κ3) is 3.33. The van der Waals surface area contributed by atoms with Gasteiger partial charge in [0.25, 0.3) is 5.91 Å². The standard InChI is InChI=1S/C14H12ClN3O2/c1-9(10-3-2-6-16-8-10)17-18-14(20)12-7-11(15)4-5-13(12)19/h2-8,19H,1H3,(H,18,20)/b17-9+. The highest BCUT2D eigenvalue weighted by atomic mass is 35.5. The van der Waals surface area contributed by atoms with Crippen molar-refractivity contribution in [2.24, 2.45) is 5.10 Å². The first-order valence-corrected chi connectivity index (χ1v) is 6.19. The smallest absolute Gasteiger partial charge is 0.275 e. The largest absolute Gasteiger partial charge is 0.507 e. The van der Waals surface area contributed by atoms with Crippen LogP contribution in [-0.2, 0) is 0 Å². The molecular formula is C14H12ClN3O2. The van der Waals surface area contributed by atoms with Crippen LogP contribution in [0.5, 0.6) is 5.75 Å². The van der Waals surface area contributed by atoms with E-state index in [1.165, 1.54) is 18.2 Å². The van der Waals surface area contributed by atoms with Gasteiger partial charge in [-0.15, -0.1) is 0 Å². The van der Waals surface area contributed by atoms with Crippen LogP contribution in [0.15, 0.2) is 47.8 Å². The van der Waals surface area contributed by atoms with Crippen LogP contribution in [0, 0.1) is 0 Å². The van der Waals surface area contributed by atoms with Crippen molar-refractivity contribution in [3.05, 3.63) is 58.9 Å². The minimum atomic E-state index is -0.534. The van der Waals surface area contributed by atoms with E-state index in [9.17, 15) is 9.90 Å². The van der Waals surface area contributed by atoms with E-state index in [-0.39, 0.29) is 11.3 Å². The fourth-order valence-electron chi connectivity index (χ4n) is 1.53. The van der Waals surface area contributed by atoms with Crippen molar-refractivity contribution in [2.75, 3.05) is 0 Å². The van der Waals surface area contributed by atoms with Gasteiger partial charge in [0.2, 0.25) is 0 Å². The van der Waals surface area contributed by atoms with E-state index in [2.05, 4.69) is 15.5 Å². The lowest BCUT2D eigenvalue weighted by molar-refractivity contribution is 0.0952. The minimum Gasteiger partial charge on any atom is -0.507 e. The van der Waals surface area contributed by atoms with Gasteiger partial charge in [0.15, 0.2) is 0 Å². The maximum Gasteiger partial charge on any atom is 0.275 e. The van der Waals surface area contributed by atoms with Crippen LogP contribution in [0.2, 0.25) is 5.02 Å². The Bertz CT molecular complexity index is 657. The Kier molecular flexibility index (Phi) is 4.32. The van der Waals surface area contributed by atoms with Gasteiger partial charge in [-0.1, -0.05) is 17.7 Å². The molecule has 1 heterocycles. The number of hydrogen-bond donors (Lipinski definition) is 2. The summed E-state index contributed by atoms with van der Waals surface area (Å²) in [7, 11) is 0. The van der Waals surface area contributed by atoms with Gasteiger partial charge in [-0.3, -0.25) is 9.78 Å². The van der Waals surface area contributed by atoms with Crippen molar-refractivity contribution in [1.29, 1.82) is 0 Å². The Balaban J connectivity index is 2.14. The molecule has 5 nitrogen and oxygen atoms in total. The molecule has 0 fully saturated rings.